The minimum absolute atomic E-state index is 0.0869. The van der Waals surface area contributed by atoms with Crippen molar-refractivity contribution in [1.29, 1.82) is 0 Å². The maximum absolute atomic E-state index is 11.1. The number of hydrogen-bond acceptors (Lipinski definition) is 5. The summed E-state index contributed by atoms with van der Waals surface area (Å²) in [6.45, 7) is 0. The van der Waals surface area contributed by atoms with Crippen molar-refractivity contribution in [2.45, 2.75) is 4.90 Å². The molecule has 1 heterocycles. The predicted octanol–water partition coefficient (Wildman–Crippen LogP) is 0.0574. The number of hydrogen-bond donors (Lipinski definition) is 2. The third-order valence-electron chi connectivity index (χ3n) is 1.70. The molecule has 0 amide bonds. The number of primary sulfonamides is 1. The number of fused-ring (bicyclic) bond motifs is 1. The van der Waals surface area contributed by atoms with Crippen LogP contribution in [-0.4, -0.2) is 13.4 Å². The number of benzene rings is 1. The molecule has 14 heavy (non-hydrogen) atoms. The predicted molar refractivity (Wildman–Crippen MR) is 49.8 cm³/mol. The number of oxazole rings is 1. The van der Waals surface area contributed by atoms with Crippen molar-refractivity contribution in [1.82, 2.24) is 4.98 Å². The summed E-state index contributed by atoms with van der Waals surface area (Å²) in [7, 11) is -3.81. The standard InChI is InChI=1S/C7H7N3O3S/c8-7-10-4-2-1-3-5(6(4)13-7)14(9,11)12/h1-3H,(H2,8,10)(H2,9,11,12). The first-order chi connectivity index (χ1) is 6.48. The lowest BCUT2D eigenvalue weighted by Crippen LogP contribution is -2.12. The van der Waals surface area contributed by atoms with Gasteiger partial charge in [0.2, 0.25) is 10.0 Å². The van der Waals surface area contributed by atoms with Crippen molar-refractivity contribution in [3.05, 3.63) is 18.2 Å². The molecule has 6 nitrogen and oxygen atoms in total. The largest absolute Gasteiger partial charge is 0.422 e. The fourth-order valence-electron chi connectivity index (χ4n) is 1.17. The van der Waals surface area contributed by atoms with Crippen molar-refractivity contribution in [2.24, 2.45) is 5.14 Å². The summed E-state index contributed by atoms with van der Waals surface area (Å²) < 4.78 is 27.1. The summed E-state index contributed by atoms with van der Waals surface area (Å²) in [5, 5.41) is 4.98. The molecule has 0 aliphatic rings. The number of nitrogen functional groups attached to an aromatic ring is 1. The van der Waals surface area contributed by atoms with E-state index < -0.39 is 10.0 Å². The van der Waals surface area contributed by atoms with Gasteiger partial charge in [-0.05, 0) is 12.1 Å². The number of nitrogens with zero attached hydrogens (tertiary/aromatic N) is 1. The van der Waals surface area contributed by atoms with Crippen LogP contribution in [0.4, 0.5) is 6.01 Å². The first-order valence-corrected chi connectivity index (χ1v) is 5.21. The normalized spacial score (nSPS) is 12.1. The molecule has 0 unspecified atom stereocenters. The Bertz CT molecular complexity index is 587. The van der Waals surface area contributed by atoms with Gasteiger partial charge < -0.3 is 10.2 Å². The van der Waals surface area contributed by atoms with Gasteiger partial charge in [-0.2, -0.15) is 4.98 Å². The highest BCUT2D eigenvalue weighted by Gasteiger charge is 2.16. The van der Waals surface area contributed by atoms with E-state index in [1.54, 1.807) is 6.07 Å². The lowest BCUT2D eigenvalue weighted by Gasteiger charge is -1.96. The highest BCUT2D eigenvalue weighted by Crippen LogP contribution is 2.23. The van der Waals surface area contributed by atoms with E-state index in [0.717, 1.165) is 0 Å². The molecule has 0 saturated carbocycles. The van der Waals surface area contributed by atoms with Gasteiger partial charge in [0.25, 0.3) is 6.01 Å². The van der Waals surface area contributed by atoms with Crippen LogP contribution in [0.3, 0.4) is 0 Å². The molecular weight excluding hydrogens is 206 g/mol. The summed E-state index contributed by atoms with van der Waals surface area (Å²) in [6, 6.07) is 4.35. The number of para-hydroxylation sites is 1. The van der Waals surface area contributed by atoms with Gasteiger partial charge in [0, 0.05) is 0 Å². The van der Waals surface area contributed by atoms with Gasteiger partial charge in [-0.1, -0.05) is 6.07 Å². The van der Waals surface area contributed by atoms with Gasteiger partial charge in [0.15, 0.2) is 5.58 Å². The molecule has 2 rings (SSSR count). The molecule has 0 spiro atoms. The maximum atomic E-state index is 11.1. The number of nitrogens with two attached hydrogens (primary N) is 2. The Morgan fingerprint density at radius 1 is 1.36 bits per heavy atom. The van der Waals surface area contributed by atoms with E-state index in [-0.39, 0.29) is 16.5 Å². The van der Waals surface area contributed by atoms with Crippen LogP contribution >= 0.6 is 0 Å². The molecule has 4 N–H and O–H groups in total. The summed E-state index contributed by atoms with van der Waals surface area (Å²) in [5.41, 5.74) is 5.75. The Morgan fingerprint density at radius 2 is 2.07 bits per heavy atom. The highest BCUT2D eigenvalue weighted by atomic mass is 32.2. The van der Waals surface area contributed by atoms with E-state index in [1.807, 2.05) is 0 Å². The van der Waals surface area contributed by atoms with Crippen LogP contribution in [0.15, 0.2) is 27.5 Å². The molecular formula is C7H7N3O3S. The quantitative estimate of drug-likeness (QED) is 0.695. The molecule has 0 saturated heterocycles. The summed E-state index contributed by atoms with van der Waals surface area (Å²) in [6.07, 6.45) is 0. The molecule has 0 aliphatic carbocycles. The van der Waals surface area contributed by atoms with Crippen molar-refractivity contribution >= 4 is 27.1 Å². The molecule has 2 aromatic rings. The SMILES string of the molecule is Nc1nc2cccc(S(N)(=O)=O)c2o1. The first-order valence-electron chi connectivity index (χ1n) is 3.66. The Morgan fingerprint density at radius 3 is 2.71 bits per heavy atom. The Hall–Kier alpha value is -1.60. The van der Waals surface area contributed by atoms with Crippen LogP contribution in [0.1, 0.15) is 0 Å². The Labute approximate surface area is 79.6 Å². The minimum atomic E-state index is -3.81. The van der Waals surface area contributed by atoms with Gasteiger partial charge in [-0.3, -0.25) is 0 Å². The second kappa shape index (κ2) is 2.69. The molecule has 7 heteroatoms. The maximum Gasteiger partial charge on any atom is 0.293 e. The Kier molecular flexibility index (Phi) is 1.73. The molecule has 0 bridgehead atoms. The lowest BCUT2D eigenvalue weighted by atomic mass is 10.3. The number of rotatable bonds is 1. The lowest BCUT2D eigenvalue weighted by molar-refractivity contribution is 0.589. The second-order valence-electron chi connectivity index (χ2n) is 2.70. The van der Waals surface area contributed by atoms with Crippen LogP contribution < -0.4 is 10.9 Å². The van der Waals surface area contributed by atoms with Crippen molar-refractivity contribution < 1.29 is 12.8 Å². The zero-order valence-electron chi connectivity index (χ0n) is 6.97. The molecule has 0 radical (unpaired) electrons. The second-order valence-corrected chi connectivity index (χ2v) is 4.23. The van der Waals surface area contributed by atoms with Gasteiger partial charge >= 0.3 is 0 Å². The number of sulfonamides is 1. The summed E-state index contributed by atoms with van der Waals surface area (Å²) in [4.78, 5) is 3.67. The minimum Gasteiger partial charge on any atom is -0.422 e. The average Bonchev–Trinajstić information content (AvgIpc) is 2.41. The molecule has 74 valence electrons. The van der Waals surface area contributed by atoms with Crippen molar-refractivity contribution in [2.75, 3.05) is 5.73 Å². The topological polar surface area (TPSA) is 112 Å². The zero-order chi connectivity index (χ0) is 10.3. The first kappa shape index (κ1) is 8.97. The molecule has 0 atom stereocenters. The van der Waals surface area contributed by atoms with Crippen LogP contribution in [0.5, 0.6) is 0 Å². The van der Waals surface area contributed by atoms with Gasteiger partial charge in [-0.15, -0.1) is 0 Å². The van der Waals surface area contributed by atoms with Gasteiger partial charge in [-0.25, -0.2) is 13.6 Å². The average molecular weight is 213 g/mol. The number of aromatic nitrogens is 1. The third kappa shape index (κ3) is 1.32. The van der Waals surface area contributed by atoms with E-state index in [4.69, 9.17) is 15.3 Å². The van der Waals surface area contributed by atoms with E-state index in [2.05, 4.69) is 4.98 Å². The molecule has 0 fully saturated rings. The van der Waals surface area contributed by atoms with Crippen LogP contribution in [0, 0.1) is 0 Å². The van der Waals surface area contributed by atoms with E-state index in [0.29, 0.717) is 5.52 Å². The summed E-state index contributed by atoms with van der Waals surface area (Å²) >= 11 is 0. The fraction of sp³-hybridized carbons (Fsp3) is 0. The van der Waals surface area contributed by atoms with Crippen LogP contribution in [0.2, 0.25) is 0 Å². The van der Waals surface area contributed by atoms with E-state index in [1.165, 1.54) is 12.1 Å². The zero-order valence-corrected chi connectivity index (χ0v) is 7.78. The monoisotopic (exact) mass is 213 g/mol. The van der Waals surface area contributed by atoms with E-state index >= 15 is 0 Å². The fourth-order valence-corrected chi connectivity index (χ4v) is 1.84. The summed E-state index contributed by atoms with van der Waals surface area (Å²) in [5.74, 6) is 0. The number of anilines is 1. The van der Waals surface area contributed by atoms with Crippen molar-refractivity contribution in [3.63, 3.8) is 0 Å². The van der Waals surface area contributed by atoms with Gasteiger partial charge in [0.05, 0.1) is 0 Å². The third-order valence-corrected chi connectivity index (χ3v) is 2.64. The molecule has 1 aromatic carbocycles. The molecule has 0 aliphatic heterocycles. The smallest absolute Gasteiger partial charge is 0.293 e. The highest BCUT2D eigenvalue weighted by molar-refractivity contribution is 7.89. The van der Waals surface area contributed by atoms with Crippen LogP contribution in [-0.2, 0) is 10.0 Å². The van der Waals surface area contributed by atoms with Crippen LogP contribution in [0.25, 0.3) is 11.1 Å². The Balaban J connectivity index is 2.90. The molecule has 1 aromatic heterocycles. The van der Waals surface area contributed by atoms with Gasteiger partial charge in [0.1, 0.15) is 10.4 Å². The van der Waals surface area contributed by atoms with E-state index in [9.17, 15) is 8.42 Å². The van der Waals surface area contributed by atoms with Crippen molar-refractivity contribution in [3.8, 4) is 0 Å².